The number of rotatable bonds is 8. The van der Waals surface area contributed by atoms with Crippen LogP contribution in [0.4, 0.5) is 0 Å². The number of nitrogens with one attached hydrogen (secondary N) is 1. The molecular weight excluding hydrogens is 346 g/mol. The Labute approximate surface area is 158 Å². The van der Waals surface area contributed by atoms with Crippen LogP contribution in [0.2, 0.25) is 0 Å². The van der Waals surface area contributed by atoms with Crippen LogP contribution in [0.5, 0.6) is 0 Å². The lowest BCUT2D eigenvalue weighted by Gasteiger charge is -2.28. The minimum atomic E-state index is -0.0277. The van der Waals surface area contributed by atoms with Gasteiger partial charge in [0.2, 0.25) is 11.7 Å². The first kappa shape index (κ1) is 19.1. The Balaban J connectivity index is 1.72. The van der Waals surface area contributed by atoms with Gasteiger partial charge in [0.25, 0.3) is 0 Å². The van der Waals surface area contributed by atoms with Crippen molar-refractivity contribution < 1.29 is 13.9 Å². The number of methoxy groups -OCH3 is 1. The molecule has 0 radical (unpaired) electrons. The van der Waals surface area contributed by atoms with Crippen LogP contribution in [0, 0.1) is 24.2 Å². The fourth-order valence-electron chi connectivity index (χ4n) is 3.64. The van der Waals surface area contributed by atoms with Crippen LogP contribution in [0.25, 0.3) is 0 Å². The lowest BCUT2D eigenvalue weighted by molar-refractivity contribution is -0.129. The molecule has 0 unspecified atom stereocenters. The molecule has 2 atom stereocenters. The number of hydrogen-bond donors (Lipinski definition) is 1. The van der Waals surface area contributed by atoms with E-state index in [0.717, 1.165) is 11.3 Å². The maximum absolute atomic E-state index is 12.6. The molecule has 3 rings (SSSR count). The minimum absolute atomic E-state index is 0.0277. The molecule has 8 heteroatoms. The second-order valence-corrected chi connectivity index (χ2v) is 6.81. The van der Waals surface area contributed by atoms with Crippen molar-refractivity contribution in [2.45, 2.75) is 25.9 Å². The molecular formula is C19H25N5O3. The van der Waals surface area contributed by atoms with Crippen LogP contribution in [0.3, 0.4) is 0 Å². The number of amides is 1. The highest BCUT2D eigenvalue weighted by Crippen LogP contribution is 2.38. The molecule has 0 spiro atoms. The molecule has 2 aromatic rings. The molecule has 0 bridgehead atoms. The minimum Gasteiger partial charge on any atom is -0.449 e. The van der Waals surface area contributed by atoms with Crippen LogP contribution in [-0.2, 0) is 23.1 Å². The van der Waals surface area contributed by atoms with Crippen molar-refractivity contribution in [1.82, 2.24) is 20.0 Å². The van der Waals surface area contributed by atoms with Crippen LogP contribution < -0.4 is 5.32 Å². The number of aryl methyl sites for hydroxylation is 1. The molecule has 27 heavy (non-hydrogen) atoms. The van der Waals surface area contributed by atoms with Crippen molar-refractivity contribution in [1.29, 1.82) is 5.26 Å². The van der Waals surface area contributed by atoms with E-state index in [2.05, 4.69) is 10.4 Å². The number of furan rings is 1. The van der Waals surface area contributed by atoms with Gasteiger partial charge >= 0.3 is 0 Å². The Morgan fingerprint density at radius 2 is 2.30 bits per heavy atom. The topological polar surface area (TPSA) is 96.3 Å². The first-order valence-electron chi connectivity index (χ1n) is 9.01. The quantitative estimate of drug-likeness (QED) is 0.756. The van der Waals surface area contributed by atoms with Crippen molar-refractivity contribution in [3.05, 3.63) is 41.1 Å². The van der Waals surface area contributed by atoms with E-state index in [9.17, 15) is 4.79 Å². The Kier molecular flexibility index (Phi) is 5.94. The van der Waals surface area contributed by atoms with E-state index in [4.69, 9.17) is 14.4 Å². The first-order valence-corrected chi connectivity index (χ1v) is 9.01. The van der Waals surface area contributed by atoms with Crippen molar-refractivity contribution in [2.75, 3.05) is 26.8 Å². The number of nitrogens with zero attached hydrogens (tertiary/aromatic N) is 4. The lowest BCUT2D eigenvalue weighted by Crippen LogP contribution is -2.34. The van der Waals surface area contributed by atoms with Crippen molar-refractivity contribution in [3.8, 4) is 6.07 Å². The summed E-state index contributed by atoms with van der Waals surface area (Å²) in [6, 6.07) is 5.40. The third kappa shape index (κ3) is 4.04. The number of aromatic nitrogens is 2. The second kappa shape index (κ2) is 8.37. The summed E-state index contributed by atoms with van der Waals surface area (Å²) in [6.45, 7) is 4.27. The van der Waals surface area contributed by atoms with Gasteiger partial charge in [0.05, 0.1) is 25.4 Å². The summed E-state index contributed by atoms with van der Waals surface area (Å²) in [6.07, 6.45) is 2.34. The molecule has 1 aliphatic heterocycles. The molecule has 3 heterocycles. The summed E-state index contributed by atoms with van der Waals surface area (Å²) >= 11 is 0. The van der Waals surface area contributed by atoms with Crippen molar-refractivity contribution in [2.24, 2.45) is 13.0 Å². The maximum Gasteiger partial charge on any atom is 0.223 e. The highest BCUT2D eigenvalue weighted by atomic mass is 16.5. The molecule has 1 fully saturated rings. The number of likely N-dealkylation sites (tertiary alicyclic amines) is 1. The van der Waals surface area contributed by atoms with Gasteiger partial charge in [-0.15, -0.1) is 0 Å². The van der Waals surface area contributed by atoms with Gasteiger partial charge in [-0.2, -0.15) is 10.4 Å². The van der Waals surface area contributed by atoms with Crippen LogP contribution in [-0.4, -0.2) is 47.4 Å². The third-order valence-electron chi connectivity index (χ3n) is 5.15. The predicted octanol–water partition coefficient (Wildman–Crippen LogP) is 1.52. The predicted molar refractivity (Wildman–Crippen MR) is 97.5 cm³/mol. The summed E-state index contributed by atoms with van der Waals surface area (Å²) in [7, 11) is 3.55. The molecule has 2 aromatic heterocycles. The summed E-state index contributed by atoms with van der Waals surface area (Å²) < 4.78 is 12.4. The van der Waals surface area contributed by atoms with Gasteiger partial charge < -0.3 is 19.4 Å². The number of carbonyl (C=O) groups excluding carboxylic acids is 1. The first-order chi connectivity index (χ1) is 13.0. The fourth-order valence-corrected chi connectivity index (χ4v) is 3.64. The molecule has 1 amide bonds. The Morgan fingerprint density at radius 3 is 2.93 bits per heavy atom. The van der Waals surface area contributed by atoms with E-state index in [-0.39, 0.29) is 17.9 Å². The summed E-state index contributed by atoms with van der Waals surface area (Å²) in [5.74, 6) is 1.28. The molecule has 1 N–H and O–H groups in total. The Bertz CT molecular complexity index is 835. The van der Waals surface area contributed by atoms with Gasteiger partial charge in [0, 0.05) is 50.8 Å². The molecule has 0 aliphatic carbocycles. The molecule has 1 aliphatic rings. The van der Waals surface area contributed by atoms with E-state index in [1.165, 1.54) is 0 Å². The summed E-state index contributed by atoms with van der Waals surface area (Å²) in [5, 5.41) is 16.6. The normalized spacial score (nSPS) is 19.6. The van der Waals surface area contributed by atoms with Gasteiger partial charge in [0.15, 0.2) is 0 Å². The highest BCUT2D eigenvalue weighted by Gasteiger charge is 2.41. The standard InChI is InChI=1S/C19H25N5O3/c1-13-17(12-22-23(13)2)19-14(8-18(25)24(19)6-7-26-3)10-21-11-16-5-4-15(9-20)27-16/h4-5,12,14,19,21H,6-8,10-11H2,1-3H3/t14-,19+/m0/s1. The second-order valence-electron chi connectivity index (χ2n) is 6.81. The SMILES string of the molecule is COCCN1C(=O)C[C@@H](CNCc2ccc(C#N)o2)[C@@H]1c1cnn(C)c1C. The Morgan fingerprint density at radius 1 is 1.48 bits per heavy atom. The smallest absolute Gasteiger partial charge is 0.223 e. The molecule has 0 saturated carbocycles. The number of carbonyl (C=O) groups is 1. The number of hydrogen-bond acceptors (Lipinski definition) is 6. The van der Waals surface area contributed by atoms with Gasteiger partial charge in [-0.25, -0.2) is 0 Å². The Hall–Kier alpha value is -2.63. The van der Waals surface area contributed by atoms with E-state index >= 15 is 0 Å². The van der Waals surface area contributed by atoms with Crippen molar-refractivity contribution >= 4 is 5.91 Å². The maximum atomic E-state index is 12.6. The van der Waals surface area contributed by atoms with Crippen molar-refractivity contribution in [3.63, 3.8) is 0 Å². The average Bonchev–Trinajstić information content (AvgIpc) is 3.33. The summed E-state index contributed by atoms with van der Waals surface area (Å²) in [5.41, 5.74) is 2.14. The average molecular weight is 371 g/mol. The van der Waals surface area contributed by atoms with Gasteiger partial charge in [-0.3, -0.25) is 9.48 Å². The zero-order valence-electron chi connectivity index (χ0n) is 15.9. The monoisotopic (exact) mass is 371 g/mol. The molecule has 0 aromatic carbocycles. The molecule has 144 valence electrons. The van der Waals surface area contributed by atoms with E-state index < -0.39 is 0 Å². The van der Waals surface area contributed by atoms with Crippen LogP contribution >= 0.6 is 0 Å². The summed E-state index contributed by atoms with van der Waals surface area (Å²) in [4.78, 5) is 14.5. The van der Waals surface area contributed by atoms with Gasteiger partial charge in [-0.05, 0) is 19.1 Å². The van der Waals surface area contributed by atoms with Crippen LogP contribution in [0.15, 0.2) is 22.7 Å². The van der Waals surface area contributed by atoms with Crippen LogP contribution in [0.1, 0.15) is 35.2 Å². The largest absolute Gasteiger partial charge is 0.449 e. The fraction of sp³-hybridized carbons (Fsp3) is 0.526. The van der Waals surface area contributed by atoms with E-state index in [1.54, 1.807) is 19.2 Å². The van der Waals surface area contributed by atoms with E-state index in [0.29, 0.717) is 44.2 Å². The highest BCUT2D eigenvalue weighted by molar-refractivity contribution is 5.79. The van der Waals surface area contributed by atoms with E-state index in [1.807, 2.05) is 35.8 Å². The molecule has 8 nitrogen and oxygen atoms in total. The zero-order valence-corrected chi connectivity index (χ0v) is 15.9. The number of ether oxygens (including phenoxy) is 1. The molecule has 1 saturated heterocycles. The third-order valence-corrected chi connectivity index (χ3v) is 5.15. The zero-order chi connectivity index (χ0) is 19.4. The number of nitriles is 1. The lowest BCUT2D eigenvalue weighted by atomic mass is 9.94. The van der Waals surface area contributed by atoms with Gasteiger partial charge in [0.1, 0.15) is 11.8 Å². The van der Waals surface area contributed by atoms with Gasteiger partial charge in [-0.1, -0.05) is 0 Å².